The molecule has 2 N–H and O–H groups in total. The van der Waals surface area contributed by atoms with Crippen LogP contribution < -0.4 is 10.6 Å². The summed E-state index contributed by atoms with van der Waals surface area (Å²) in [4.78, 5) is 15.8. The number of carbonyl (C=O) groups is 1. The van der Waals surface area contributed by atoms with Crippen LogP contribution in [0, 0.1) is 0 Å². The Kier molecular flexibility index (Phi) is 4.95. The molecule has 1 atom stereocenters. The van der Waals surface area contributed by atoms with Crippen molar-refractivity contribution in [1.82, 2.24) is 25.2 Å². The Labute approximate surface area is 151 Å². The van der Waals surface area contributed by atoms with Crippen molar-refractivity contribution in [1.29, 1.82) is 0 Å². The SMILES string of the molecule is CNC(C(=O)Nc1ccc(-c2noc(C(F)(F)F)n2)cc1)c1cnn(C)c1. The van der Waals surface area contributed by atoms with E-state index in [0.29, 0.717) is 16.8 Å². The lowest BCUT2D eigenvalue weighted by Gasteiger charge is -2.14. The average Bonchev–Trinajstić information content (AvgIpc) is 3.25. The molecule has 27 heavy (non-hydrogen) atoms. The fraction of sp³-hybridized carbons (Fsp3) is 0.250. The Morgan fingerprint density at radius 1 is 1.26 bits per heavy atom. The molecule has 142 valence electrons. The van der Waals surface area contributed by atoms with Crippen LogP contribution in [0.25, 0.3) is 11.4 Å². The van der Waals surface area contributed by atoms with E-state index in [1.165, 1.54) is 24.3 Å². The number of likely N-dealkylation sites (N-methyl/N-ethyl adjacent to an activating group) is 1. The third kappa shape index (κ3) is 4.14. The first-order valence-electron chi connectivity index (χ1n) is 7.76. The second kappa shape index (κ2) is 7.19. The molecule has 3 aromatic rings. The fourth-order valence-corrected chi connectivity index (χ4v) is 2.41. The minimum absolute atomic E-state index is 0.191. The first-order valence-corrected chi connectivity index (χ1v) is 7.76. The molecule has 3 rings (SSSR count). The Morgan fingerprint density at radius 3 is 2.48 bits per heavy atom. The van der Waals surface area contributed by atoms with Crippen molar-refractivity contribution in [2.45, 2.75) is 12.2 Å². The molecular formula is C16H15F3N6O2. The lowest BCUT2D eigenvalue weighted by Crippen LogP contribution is -2.30. The minimum atomic E-state index is -4.70. The van der Waals surface area contributed by atoms with Crippen molar-refractivity contribution in [2.75, 3.05) is 12.4 Å². The molecule has 0 saturated carbocycles. The number of nitrogens with zero attached hydrogens (tertiary/aromatic N) is 4. The number of aromatic nitrogens is 4. The van der Waals surface area contributed by atoms with E-state index in [9.17, 15) is 18.0 Å². The highest BCUT2D eigenvalue weighted by Crippen LogP contribution is 2.29. The average molecular weight is 380 g/mol. The number of alkyl halides is 3. The van der Waals surface area contributed by atoms with E-state index in [0.717, 1.165) is 0 Å². The maximum absolute atomic E-state index is 12.5. The normalized spacial score (nSPS) is 12.8. The van der Waals surface area contributed by atoms with E-state index in [4.69, 9.17) is 0 Å². The summed E-state index contributed by atoms with van der Waals surface area (Å²) in [6, 6.07) is 5.43. The fourth-order valence-electron chi connectivity index (χ4n) is 2.41. The van der Waals surface area contributed by atoms with Gasteiger partial charge in [0.1, 0.15) is 6.04 Å². The molecule has 0 radical (unpaired) electrons. The first kappa shape index (κ1) is 18.6. The summed E-state index contributed by atoms with van der Waals surface area (Å²) in [5, 5.41) is 13.0. The van der Waals surface area contributed by atoms with Crippen LogP contribution in [0.4, 0.5) is 18.9 Å². The quantitative estimate of drug-likeness (QED) is 0.705. The molecule has 1 aromatic carbocycles. The molecule has 8 nitrogen and oxygen atoms in total. The van der Waals surface area contributed by atoms with Crippen LogP contribution in [0.15, 0.2) is 41.2 Å². The second-order valence-corrected chi connectivity index (χ2v) is 5.66. The van der Waals surface area contributed by atoms with Gasteiger partial charge in [-0.25, -0.2) is 0 Å². The van der Waals surface area contributed by atoms with Crippen molar-refractivity contribution in [3.63, 3.8) is 0 Å². The number of rotatable bonds is 5. The molecule has 0 aliphatic carbocycles. The van der Waals surface area contributed by atoms with Gasteiger partial charge in [-0.1, -0.05) is 5.16 Å². The van der Waals surface area contributed by atoms with Crippen LogP contribution in [-0.2, 0) is 18.0 Å². The molecule has 0 aliphatic rings. The third-order valence-corrected chi connectivity index (χ3v) is 3.69. The maximum Gasteiger partial charge on any atom is 0.471 e. The lowest BCUT2D eigenvalue weighted by atomic mass is 10.1. The molecule has 0 saturated heterocycles. The molecule has 1 unspecified atom stereocenters. The first-order chi connectivity index (χ1) is 12.8. The van der Waals surface area contributed by atoms with E-state index < -0.39 is 18.1 Å². The molecule has 1 amide bonds. The van der Waals surface area contributed by atoms with Crippen molar-refractivity contribution in [2.24, 2.45) is 7.05 Å². The van der Waals surface area contributed by atoms with Gasteiger partial charge in [-0.15, -0.1) is 0 Å². The number of halogens is 3. The zero-order valence-corrected chi connectivity index (χ0v) is 14.3. The third-order valence-electron chi connectivity index (χ3n) is 3.69. The molecule has 0 aliphatic heterocycles. The van der Waals surface area contributed by atoms with E-state index in [1.807, 2.05) is 0 Å². The van der Waals surface area contributed by atoms with Crippen molar-refractivity contribution in [3.05, 3.63) is 48.1 Å². The molecule has 0 fully saturated rings. The number of amides is 1. The van der Waals surface area contributed by atoms with Crippen molar-refractivity contribution < 1.29 is 22.5 Å². The second-order valence-electron chi connectivity index (χ2n) is 5.66. The molecule has 0 bridgehead atoms. The standard InChI is InChI=1S/C16H15F3N6O2/c1-20-12(10-7-21-25(2)8-10)14(26)22-11-5-3-9(4-6-11)13-23-15(27-24-13)16(17,18)19/h3-8,12,20H,1-2H3,(H,22,26). The van der Waals surface area contributed by atoms with Crippen LogP contribution in [0.5, 0.6) is 0 Å². The number of nitrogens with one attached hydrogen (secondary N) is 2. The Bertz CT molecular complexity index is 932. The summed E-state index contributed by atoms with van der Waals surface area (Å²) in [6.07, 6.45) is -1.40. The zero-order chi connectivity index (χ0) is 19.6. The van der Waals surface area contributed by atoms with Gasteiger partial charge in [-0.3, -0.25) is 9.48 Å². The van der Waals surface area contributed by atoms with Crippen LogP contribution in [0.3, 0.4) is 0 Å². The van der Waals surface area contributed by atoms with Gasteiger partial charge in [0, 0.05) is 30.1 Å². The highest BCUT2D eigenvalue weighted by molar-refractivity contribution is 5.95. The molecule has 2 heterocycles. The van der Waals surface area contributed by atoms with Gasteiger partial charge < -0.3 is 15.2 Å². The highest BCUT2D eigenvalue weighted by Gasteiger charge is 2.38. The van der Waals surface area contributed by atoms with Gasteiger partial charge in [0.05, 0.1) is 6.20 Å². The van der Waals surface area contributed by atoms with Crippen molar-refractivity contribution >= 4 is 11.6 Å². The summed E-state index contributed by atoms with van der Waals surface area (Å²) in [6.45, 7) is 0. The minimum Gasteiger partial charge on any atom is -0.329 e. The van der Waals surface area contributed by atoms with E-state index >= 15 is 0 Å². The van der Waals surface area contributed by atoms with E-state index in [1.54, 1.807) is 31.2 Å². The summed E-state index contributed by atoms with van der Waals surface area (Å²) in [7, 11) is 3.39. The number of aryl methyl sites for hydroxylation is 1. The zero-order valence-electron chi connectivity index (χ0n) is 14.3. The number of hydrogen-bond acceptors (Lipinski definition) is 6. The summed E-state index contributed by atoms with van der Waals surface area (Å²) >= 11 is 0. The lowest BCUT2D eigenvalue weighted by molar-refractivity contribution is -0.159. The Balaban J connectivity index is 1.72. The van der Waals surface area contributed by atoms with Gasteiger partial charge in [0.25, 0.3) is 0 Å². The highest BCUT2D eigenvalue weighted by atomic mass is 19.4. The van der Waals surface area contributed by atoms with Gasteiger partial charge in [0.2, 0.25) is 11.7 Å². The smallest absolute Gasteiger partial charge is 0.329 e. The Morgan fingerprint density at radius 2 is 1.96 bits per heavy atom. The van der Waals surface area contributed by atoms with Crippen LogP contribution in [0.1, 0.15) is 17.5 Å². The predicted molar refractivity (Wildman–Crippen MR) is 88.4 cm³/mol. The van der Waals surface area contributed by atoms with Crippen molar-refractivity contribution in [3.8, 4) is 11.4 Å². The molecule has 11 heteroatoms. The number of anilines is 1. The maximum atomic E-state index is 12.5. The number of carbonyl (C=O) groups excluding carboxylic acids is 1. The van der Waals surface area contributed by atoms with Crippen LogP contribution >= 0.6 is 0 Å². The van der Waals surface area contributed by atoms with E-state index in [2.05, 4.69) is 30.4 Å². The van der Waals surface area contributed by atoms with Gasteiger partial charge in [-0.2, -0.15) is 23.3 Å². The molecular weight excluding hydrogens is 365 g/mol. The molecule has 0 spiro atoms. The summed E-state index contributed by atoms with van der Waals surface area (Å²) in [5.74, 6) is -1.91. The van der Waals surface area contributed by atoms with Crippen LogP contribution in [-0.4, -0.2) is 32.9 Å². The predicted octanol–water partition coefficient (Wildman–Crippen LogP) is 2.39. The summed E-state index contributed by atoms with van der Waals surface area (Å²) < 4.78 is 43.3. The largest absolute Gasteiger partial charge is 0.471 e. The topological polar surface area (TPSA) is 97.9 Å². The Hall–Kier alpha value is -3.21. The summed E-state index contributed by atoms with van der Waals surface area (Å²) in [5.41, 5.74) is 1.48. The number of hydrogen-bond donors (Lipinski definition) is 2. The van der Waals surface area contributed by atoms with Crippen LogP contribution in [0.2, 0.25) is 0 Å². The van der Waals surface area contributed by atoms with Gasteiger partial charge in [0.15, 0.2) is 0 Å². The van der Waals surface area contributed by atoms with Gasteiger partial charge in [-0.05, 0) is 31.3 Å². The van der Waals surface area contributed by atoms with Gasteiger partial charge >= 0.3 is 12.1 Å². The molecule has 2 aromatic heterocycles. The number of benzene rings is 1. The monoisotopic (exact) mass is 380 g/mol. The van der Waals surface area contributed by atoms with E-state index in [-0.39, 0.29) is 11.7 Å².